The van der Waals surface area contributed by atoms with Crippen molar-refractivity contribution in [1.29, 1.82) is 0 Å². The molecule has 3 heteroatoms. The molecule has 0 bridgehead atoms. The second-order valence-electron chi connectivity index (χ2n) is 17.7. The van der Waals surface area contributed by atoms with E-state index in [0.717, 1.165) is 17.1 Å². The monoisotopic (exact) mass is 851 g/mol. The van der Waals surface area contributed by atoms with Crippen molar-refractivity contribution < 1.29 is 0 Å². The molecule has 0 N–H and O–H groups in total. The van der Waals surface area contributed by atoms with Crippen LogP contribution in [0.5, 0.6) is 0 Å². The van der Waals surface area contributed by atoms with Crippen molar-refractivity contribution in [2.75, 3.05) is 0 Å². The highest BCUT2D eigenvalue weighted by atomic mass is 15.0. The molecular weight excluding hydrogens is 811 g/mol. The van der Waals surface area contributed by atoms with Crippen LogP contribution in [0.2, 0.25) is 0 Å². The van der Waals surface area contributed by atoms with Gasteiger partial charge in [-0.15, -0.1) is 0 Å². The van der Waals surface area contributed by atoms with Crippen LogP contribution >= 0.6 is 0 Å². The van der Waals surface area contributed by atoms with E-state index in [2.05, 4.69) is 262 Å². The van der Waals surface area contributed by atoms with Gasteiger partial charge < -0.3 is 13.7 Å². The Labute approximate surface area is 387 Å². The van der Waals surface area contributed by atoms with Crippen LogP contribution < -0.4 is 0 Å². The van der Waals surface area contributed by atoms with E-state index in [0.29, 0.717) is 0 Å². The number of hydrogen-bond donors (Lipinski definition) is 0. The summed E-state index contributed by atoms with van der Waals surface area (Å²) in [5, 5.41) is 9.88. The third-order valence-electron chi connectivity index (χ3n) is 14.0. The number of benzene rings is 11. The van der Waals surface area contributed by atoms with E-state index in [9.17, 15) is 0 Å². The molecule has 0 aliphatic carbocycles. The number of rotatable bonds is 6. The van der Waals surface area contributed by atoms with Crippen molar-refractivity contribution in [3.05, 3.63) is 249 Å². The molecule has 312 valence electrons. The van der Waals surface area contributed by atoms with E-state index < -0.39 is 0 Å². The standard InChI is InChI=1S/C64H41N3/c1-3-13-42(14-4-1)45-23-30-50(31-24-45)65-59-21-11-9-19-53(59)55-38-48(28-35-61(55)65)49-29-36-62-56(39-49)58-40-57-54-20-10-12-22-60(54)66(51-32-25-46(26-33-51)43-15-5-2-6-16-43)63(57)41-64(58)67(62)52-34-27-44-17-7-8-18-47(44)37-52/h1-41H. The summed E-state index contributed by atoms with van der Waals surface area (Å²) in [4.78, 5) is 0. The largest absolute Gasteiger partial charge is 0.309 e. The zero-order chi connectivity index (χ0) is 44.0. The molecule has 3 heterocycles. The molecule has 0 radical (unpaired) electrons. The number of aromatic nitrogens is 3. The Morgan fingerprint density at radius 3 is 1.12 bits per heavy atom. The summed E-state index contributed by atoms with van der Waals surface area (Å²) < 4.78 is 7.32. The lowest BCUT2D eigenvalue weighted by Crippen LogP contribution is -1.96. The molecule has 14 rings (SSSR count). The van der Waals surface area contributed by atoms with E-state index in [1.807, 2.05) is 0 Å². The molecule has 0 aliphatic rings. The van der Waals surface area contributed by atoms with Crippen molar-refractivity contribution in [2.24, 2.45) is 0 Å². The van der Waals surface area contributed by atoms with Gasteiger partial charge in [-0.2, -0.15) is 0 Å². The minimum Gasteiger partial charge on any atom is -0.309 e. The average Bonchev–Trinajstić information content (AvgIpc) is 4.03. The topological polar surface area (TPSA) is 14.8 Å². The second kappa shape index (κ2) is 14.8. The van der Waals surface area contributed by atoms with Crippen LogP contribution in [-0.4, -0.2) is 13.7 Å². The van der Waals surface area contributed by atoms with Crippen LogP contribution in [0.4, 0.5) is 0 Å². The minimum absolute atomic E-state index is 1.14. The number of hydrogen-bond acceptors (Lipinski definition) is 0. The highest BCUT2D eigenvalue weighted by molar-refractivity contribution is 6.20. The molecule has 0 spiro atoms. The number of para-hydroxylation sites is 2. The molecule has 0 fully saturated rings. The molecule has 67 heavy (non-hydrogen) atoms. The van der Waals surface area contributed by atoms with Crippen LogP contribution in [0.3, 0.4) is 0 Å². The number of fused-ring (bicyclic) bond motifs is 10. The summed E-state index contributed by atoms with van der Waals surface area (Å²) >= 11 is 0. The van der Waals surface area contributed by atoms with Crippen LogP contribution in [-0.2, 0) is 0 Å². The van der Waals surface area contributed by atoms with Gasteiger partial charge >= 0.3 is 0 Å². The summed E-state index contributed by atoms with van der Waals surface area (Å²) in [5.74, 6) is 0. The Kier molecular flexibility index (Phi) is 8.28. The van der Waals surface area contributed by atoms with Gasteiger partial charge in [0.15, 0.2) is 0 Å². The molecule has 0 atom stereocenters. The fourth-order valence-corrected chi connectivity index (χ4v) is 10.8. The lowest BCUT2D eigenvalue weighted by Gasteiger charge is -2.12. The quantitative estimate of drug-likeness (QED) is 0.158. The van der Waals surface area contributed by atoms with Gasteiger partial charge in [0.25, 0.3) is 0 Å². The van der Waals surface area contributed by atoms with E-state index in [1.165, 1.54) is 110 Å². The summed E-state index contributed by atoms with van der Waals surface area (Å²) in [7, 11) is 0. The van der Waals surface area contributed by atoms with Crippen molar-refractivity contribution in [2.45, 2.75) is 0 Å². The van der Waals surface area contributed by atoms with Crippen molar-refractivity contribution in [1.82, 2.24) is 13.7 Å². The zero-order valence-corrected chi connectivity index (χ0v) is 36.5. The predicted octanol–water partition coefficient (Wildman–Crippen LogP) is 17.1. The normalized spacial score (nSPS) is 11.9. The second-order valence-corrected chi connectivity index (χ2v) is 17.7. The first-order valence-corrected chi connectivity index (χ1v) is 23.1. The van der Waals surface area contributed by atoms with E-state index >= 15 is 0 Å². The first kappa shape index (κ1) is 37.5. The molecule has 0 saturated carbocycles. The number of nitrogens with zero attached hydrogens (tertiary/aromatic N) is 3. The maximum atomic E-state index is 2.47. The third kappa shape index (κ3) is 5.92. The maximum Gasteiger partial charge on any atom is 0.0562 e. The van der Waals surface area contributed by atoms with Crippen LogP contribution in [0, 0.1) is 0 Å². The lowest BCUT2D eigenvalue weighted by molar-refractivity contribution is 1.17. The van der Waals surface area contributed by atoms with Crippen LogP contribution in [0.1, 0.15) is 0 Å². The first-order valence-electron chi connectivity index (χ1n) is 23.1. The van der Waals surface area contributed by atoms with Crippen molar-refractivity contribution >= 4 is 76.2 Å². The van der Waals surface area contributed by atoms with Crippen LogP contribution in [0.25, 0.3) is 127 Å². The fourth-order valence-electron chi connectivity index (χ4n) is 10.8. The first-order chi connectivity index (χ1) is 33.2. The summed E-state index contributed by atoms with van der Waals surface area (Å²) in [6.45, 7) is 0. The van der Waals surface area contributed by atoms with Gasteiger partial charge in [-0.3, -0.25) is 0 Å². The Balaban J connectivity index is 0.967. The Hall–Kier alpha value is -8.92. The average molecular weight is 852 g/mol. The lowest BCUT2D eigenvalue weighted by atomic mass is 10.00. The summed E-state index contributed by atoms with van der Waals surface area (Å²) in [6.07, 6.45) is 0. The molecule has 3 nitrogen and oxygen atoms in total. The maximum absolute atomic E-state index is 2.47. The Morgan fingerprint density at radius 2 is 0.552 bits per heavy atom. The molecular formula is C64H41N3. The highest BCUT2D eigenvalue weighted by Gasteiger charge is 2.20. The summed E-state index contributed by atoms with van der Waals surface area (Å²) in [5.41, 5.74) is 17.8. The molecule has 0 saturated heterocycles. The zero-order valence-electron chi connectivity index (χ0n) is 36.5. The van der Waals surface area contributed by atoms with Crippen molar-refractivity contribution in [3.63, 3.8) is 0 Å². The third-order valence-corrected chi connectivity index (χ3v) is 14.0. The molecule has 3 aromatic heterocycles. The molecule has 0 amide bonds. The van der Waals surface area contributed by atoms with Gasteiger partial charge in [-0.25, -0.2) is 0 Å². The Bertz CT molecular complexity index is 4230. The van der Waals surface area contributed by atoms with Crippen molar-refractivity contribution in [3.8, 4) is 50.4 Å². The van der Waals surface area contributed by atoms with Gasteiger partial charge in [0.2, 0.25) is 0 Å². The minimum atomic E-state index is 1.14. The van der Waals surface area contributed by atoms with Gasteiger partial charge in [0.1, 0.15) is 0 Å². The van der Waals surface area contributed by atoms with E-state index in [4.69, 9.17) is 0 Å². The van der Waals surface area contributed by atoms with E-state index in [-0.39, 0.29) is 0 Å². The van der Waals surface area contributed by atoms with Gasteiger partial charge in [0, 0.05) is 49.4 Å². The Morgan fingerprint density at radius 1 is 0.179 bits per heavy atom. The van der Waals surface area contributed by atoms with Gasteiger partial charge in [-0.05, 0) is 129 Å². The molecule has 0 aliphatic heterocycles. The predicted molar refractivity (Wildman–Crippen MR) is 283 cm³/mol. The SMILES string of the molecule is c1ccc(-c2ccc(-n3c4ccccc4c4cc(-c5ccc6c(c5)c5cc7c8ccccc8n(-c8ccc(-c9ccccc9)cc8)c7cc5n6-c5ccc6ccccc6c5)ccc43)cc2)cc1. The smallest absolute Gasteiger partial charge is 0.0562 e. The van der Waals surface area contributed by atoms with E-state index in [1.54, 1.807) is 0 Å². The fraction of sp³-hybridized carbons (Fsp3) is 0. The van der Waals surface area contributed by atoms with Crippen LogP contribution in [0.15, 0.2) is 249 Å². The highest BCUT2D eigenvalue weighted by Crippen LogP contribution is 2.42. The molecule has 14 aromatic rings. The molecule has 11 aromatic carbocycles. The summed E-state index contributed by atoms with van der Waals surface area (Å²) in [6, 6.07) is 91.3. The van der Waals surface area contributed by atoms with Gasteiger partial charge in [0.05, 0.1) is 33.1 Å². The van der Waals surface area contributed by atoms with Gasteiger partial charge in [-0.1, -0.05) is 164 Å². The molecule has 0 unspecified atom stereocenters.